The third-order valence-corrected chi connectivity index (χ3v) is 4.85. The zero-order valence-corrected chi connectivity index (χ0v) is 16.1. The van der Waals surface area contributed by atoms with Gasteiger partial charge in [0.15, 0.2) is 0 Å². The van der Waals surface area contributed by atoms with Crippen LogP contribution in [0.5, 0.6) is 5.75 Å². The Labute approximate surface area is 159 Å². The SMILES string of the molecule is CCOc1ccc(CC(=O)N2CC(c3ccc(F)cc3)OCC2(C)C)cc1. The van der Waals surface area contributed by atoms with Gasteiger partial charge in [0.1, 0.15) is 17.7 Å². The Morgan fingerprint density at radius 3 is 2.48 bits per heavy atom. The van der Waals surface area contributed by atoms with Gasteiger partial charge in [-0.25, -0.2) is 4.39 Å². The molecule has 5 heteroatoms. The molecule has 0 spiro atoms. The quantitative estimate of drug-likeness (QED) is 0.793. The average molecular weight is 371 g/mol. The summed E-state index contributed by atoms with van der Waals surface area (Å²) in [5, 5.41) is 0. The minimum atomic E-state index is -0.390. The topological polar surface area (TPSA) is 38.8 Å². The summed E-state index contributed by atoms with van der Waals surface area (Å²) >= 11 is 0. The number of carbonyl (C=O) groups is 1. The van der Waals surface area contributed by atoms with E-state index in [1.807, 2.05) is 49.9 Å². The molecule has 1 aliphatic rings. The largest absolute Gasteiger partial charge is 0.494 e. The van der Waals surface area contributed by atoms with Gasteiger partial charge in [0.05, 0.1) is 31.7 Å². The van der Waals surface area contributed by atoms with Crippen LogP contribution < -0.4 is 4.74 Å². The lowest BCUT2D eigenvalue weighted by atomic mass is 9.97. The van der Waals surface area contributed by atoms with E-state index in [1.165, 1.54) is 12.1 Å². The molecule has 0 aromatic heterocycles. The summed E-state index contributed by atoms with van der Waals surface area (Å²) in [6.45, 7) is 7.45. The second-order valence-corrected chi connectivity index (χ2v) is 7.42. The van der Waals surface area contributed by atoms with Crippen molar-refractivity contribution in [2.45, 2.75) is 38.8 Å². The maximum absolute atomic E-state index is 13.2. The fraction of sp³-hybridized carbons (Fsp3) is 0.409. The fourth-order valence-corrected chi connectivity index (χ4v) is 3.31. The molecule has 1 fully saturated rings. The molecule has 0 radical (unpaired) electrons. The summed E-state index contributed by atoms with van der Waals surface area (Å²) in [5.41, 5.74) is 1.44. The van der Waals surface area contributed by atoms with Crippen LogP contribution >= 0.6 is 0 Å². The minimum Gasteiger partial charge on any atom is -0.494 e. The smallest absolute Gasteiger partial charge is 0.227 e. The lowest BCUT2D eigenvalue weighted by Crippen LogP contribution is -2.56. The zero-order valence-electron chi connectivity index (χ0n) is 16.1. The van der Waals surface area contributed by atoms with Crippen molar-refractivity contribution in [2.75, 3.05) is 19.8 Å². The molecule has 0 N–H and O–H groups in total. The van der Waals surface area contributed by atoms with Crippen LogP contribution in [-0.4, -0.2) is 36.1 Å². The van der Waals surface area contributed by atoms with Gasteiger partial charge >= 0.3 is 0 Å². The summed E-state index contributed by atoms with van der Waals surface area (Å²) < 4.78 is 24.6. The van der Waals surface area contributed by atoms with E-state index < -0.39 is 5.54 Å². The molecule has 3 rings (SSSR count). The van der Waals surface area contributed by atoms with Gasteiger partial charge in [-0.1, -0.05) is 24.3 Å². The van der Waals surface area contributed by atoms with Crippen LogP contribution in [0.4, 0.5) is 4.39 Å². The van der Waals surface area contributed by atoms with Gasteiger partial charge in [0.2, 0.25) is 5.91 Å². The predicted molar refractivity (Wildman–Crippen MR) is 102 cm³/mol. The van der Waals surface area contributed by atoms with Crippen molar-refractivity contribution in [2.24, 2.45) is 0 Å². The highest BCUT2D eigenvalue weighted by atomic mass is 19.1. The second kappa shape index (κ2) is 8.09. The van der Waals surface area contributed by atoms with Crippen LogP contribution in [0.2, 0.25) is 0 Å². The van der Waals surface area contributed by atoms with E-state index in [9.17, 15) is 9.18 Å². The van der Waals surface area contributed by atoms with Crippen LogP contribution in [-0.2, 0) is 16.0 Å². The number of ether oxygens (including phenoxy) is 2. The predicted octanol–water partition coefficient (Wildman–Crippen LogP) is 4.15. The summed E-state index contributed by atoms with van der Waals surface area (Å²) in [5.74, 6) is 0.578. The number of rotatable bonds is 5. The molecule has 1 amide bonds. The Bertz CT molecular complexity index is 771. The van der Waals surface area contributed by atoms with E-state index >= 15 is 0 Å². The maximum Gasteiger partial charge on any atom is 0.227 e. The number of morpholine rings is 1. The summed E-state index contributed by atoms with van der Waals surface area (Å²) in [6.07, 6.45) is 0.0781. The highest BCUT2D eigenvalue weighted by molar-refractivity contribution is 5.79. The molecule has 2 aromatic carbocycles. The minimum absolute atomic E-state index is 0.0552. The highest BCUT2D eigenvalue weighted by Crippen LogP contribution is 2.31. The number of halogens is 1. The van der Waals surface area contributed by atoms with E-state index in [1.54, 1.807) is 12.1 Å². The lowest BCUT2D eigenvalue weighted by molar-refractivity contribution is -0.154. The number of carbonyl (C=O) groups excluding carboxylic acids is 1. The molecule has 1 unspecified atom stereocenters. The molecular weight excluding hydrogens is 345 g/mol. The third-order valence-electron chi connectivity index (χ3n) is 4.85. The molecule has 1 aliphatic heterocycles. The number of nitrogens with zero attached hydrogens (tertiary/aromatic N) is 1. The van der Waals surface area contributed by atoms with Crippen LogP contribution in [0.3, 0.4) is 0 Å². The molecule has 0 saturated carbocycles. The van der Waals surface area contributed by atoms with Crippen LogP contribution in [0.1, 0.15) is 38.0 Å². The first-order valence-corrected chi connectivity index (χ1v) is 9.28. The number of hydrogen-bond acceptors (Lipinski definition) is 3. The fourth-order valence-electron chi connectivity index (χ4n) is 3.31. The van der Waals surface area contributed by atoms with Gasteiger partial charge in [0.25, 0.3) is 0 Å². The van der Waals surface area contributed by atoms with E-state index in [-0.39, 0.29) is 17.8 Å². The van der Waals surface area contributed by atoms with Crippen molar-refractivity contribution in [1.29, 1.82) is 0 Å². The number of amides is 1. The molecule has 0 aliphatic carbocycles. The average Bonchev–Trinajstić information content (AvgIpc) is 2.64. The summed E-state index contributed by atoms with van der Waals surface area (Å²) in [6, 6.07) is 13.9. The van der Waals surface area contributed by atoms with Gasteiger partial charge in [-0.3, -0.25) is 4.79 Å². The van der Waals surface area contributed by atoms with Crippen molar-refractivity contribution in [1.82, 2.24) is 4.90 Å². The van der Waals surface area contributed by atoms with Gasteiger partial charge in [-0.15, -0.1) is 0 Å². The molecule has 1 atom stereocenters. The number of benzene rings is 2. The van der Waals surface area contributed by atoms with Gasteiger partial charge in [-0.05, 0) is 56.2 Å². The Hall–Kier alpha value is -2.40. The van der Waals surface area contributed by atoms with Gasteiger partial charge in [0, 0.05) is 0 Å². The normalized spacial score (nSPS) is 19.0. The summed E-state index contributed by atoms with van der Waals surface area (Å²) in [7, 11) is 0. The van der Waals surface area contributed by atoms with Gasteiger partial charge in [-0.2, -0.15) is 0 Å². The first-order chi connectivity index (χ1) is 12.9. The first-order valence-electron chi connectivity index (χ1n) is 9.28. The van der Waals surface area contributed by atoms with E-state index in [0.29, 0.717) is 26.2 Å². The lowest BCUT2D eigenvalue weighted by Gasteiger charge is -2.45. The number of hydrogen-bond donors (Lipinski definition) is 0. The molecule has 1 heterocycles. The van der Waals surface area contributed by atoms with Crippen molar-refractivity contribution in [3.8, 4) is 5.75 Å². The Kier molecular flexibility index (Phi) is 5.80. The van der Waals surface area contributed by atoms with Crippen molar-refractivity contribution in [3.63, 3.8) is 0 Å². The molecule has 27 heavy (non-hydrogen) atoms. The van der Waals surface area contributed by atoms with Gasteiger partial charge < -0.3 is 14.4 Å². The molecule has 144 valence electrons. The van der Waals surface area contributed by atoms with Crippen LogP contribution in [0.15, 0.2) is 48.5 Å². The molecular formula is C22H26FNO3. The zero-order chi connectivity index (χ0) is 19.4. The second-order valence-electron chi connectivity index (χ2n) is 7.42. The third kappa shape index (κ3) is 4.66. The monoisotopic (exact) mass is 371 g/mol. The van der Waals surface area contributed by atoms with Crippen molar-refractivity contribution < 1.29 is 18.7 Å². The van der Waals surface area contributed by atoms with E-state index in [4.69, 9.17) is 9.47 Å². The standard InChI is InChI=1S/C22H26FNO3/c1-4-26-19-11-5-16(6-12-19)13-21(25)24-14-20(27-15-22(24,2)3)17-7-9-18(23)10-8-17/h5-12,20H,4,13-15H2,1-3H3. The molecule has 4 nitrogen and oxygen atoms in total. The summed E-state index contributed by atoms with van der Waals surface area (Å²) in [4.78, 5) is 14.9. The van der Waals surface area contributed by atoms with Crippen molar-refractivity contribution in [3.05, 3.63) is 65.5 Å². The maximum atomic E-state index is 13.2. The first kappa shape index (κ1) is 19.4. The van der Waals surface area contributed by atoms with E-state index in [2.05, 4.69) is 0 Å². The van der Waals surface area contributed by atoms with E-state index in [0.717, 1.165) is 16.9 Å². The van der Waals surface area contributed by atoms with Crippen molar-refractivity contribution >= 4 is 5.91 Å². The molecule has 0 bridgehead atoms. The van der Waals surface area contributed by atoms with Crippen LogP contribution in [0.25, 0.3) is 0 Å². The Balaban J connectivity index is 1.71. The Morgan fingerprint density at radius 2 is 1.85 bits per heavy atom. The molecule has 2 aromatic rings. The molecule has 1 saturated heterocycles. The van der Waals surface area contributed by atoms with Crippen LogP contribution in [0, 0.1) is 5.82 Å². The highest BCUT2D eigenvalue weighted by Gasteiger charge is 2.38. The Morgan fingerprint density at radius 1 is 1.19 bits per heavy atom.